The van der Waals surface area contributed by atoms with Gasteiger partial charge in [-0.25, -0.2) is 19.2 Å². The summed E-state index contributed by atoms with van der Waals surface area (Å²) in [5.41, 5.74) is 0. The number of ether oxygens (including phenoxy) is 3. The second kappa shape index (κ2) is 57.1. The van der Waals surface area contributed by atoms with Gasteiger partial charge in [-0.3, -0.25) is 0 Å². The second-order valence-corrected chi connectivity index (χ2v) is 5.15. The molecule has 0 N–H and O–H groups in total. The van der Waals surface area contributed by atoms with Crippen LogP contribution in [0.2, 0.25) is 0 Å². The zero-order chi connectivity index (χ0) is 20.1. The molecule has 0 bridgehead atoms. The van der Waals surface area contributed by atoms with E-state index in [0.29, 0.717) is 0 Å². The van der Waals surface area contributed by atoms with Crippen molar-refractivity contribution >= 4 is 19.2 Å². The summed E-state index contributed by atoms with van der Waals surface area (Å²) < 4.78 is 13.5. The van der Waals surface area contributed by atoms with Gasteiger partial charge in [0.1, 0.15) is 0 Å². The summed E-state index contributed by atoms with van der Waals surface area (Å²) >= 11 is 0. The number of hydrogen-bond donors (Lipinski definition) is 0. The van der Waals surface area contributed by atoms with Gasteiger partial charge in [0.05, 0.1) is 0 Å². The average molecular weight is 975 g/mol. The SMILES string of the molecule is CCCCCN=[C-]OC.CCCCCN=[C-]OC.[Au+].[Au+].[Au+].[CH2-]CCCN=[C-]OC.[CH3-]. The molecule has 0 saturated heterocycles. The Morgan fingerprint density at radius 1 is 0.600 bits per heavy atom. The maximum Gasteiger partial charge on any atom is 1.00 e. The summed E-state index contributed by atoms with van der Waals surface area (Å²) in [6, 6.07) is 0. The first-order valence-corrected chi connectivity index (χ1v) is 9.37. The molecule has 0 aliphatic rings. The van der Waals surface area contributed by atoms with Gasteiger partial charge >= 0.3 is 67.1 Å². The Balaban J connectivity index is -0.0000000497. The van der Waals surface area contributed by atoms with Crippen LogP contribution in [0.5, 0.6) is 0 Å². The Kier molecular flexibility index (Phi) is 91.6. The van der Waals surface area contributed by atoms with E-state index in [1.165, 1.54) is 32.8 Å². The Morgan fingerprint density at radius 3 is 1.13 bits per heavy atom. The fourth-order valence-corrected chi connectivity index (χ4v) is 1.40. The van der Waals surface area contributed by atoms with Crippen LogP contribution in [0.25, 0.3) is 0 Å². The normalized spacial score (nSPS) is 9.00. The molecule has 6 nitrogen and oxygen atoms in total. The van der Waals surface area contributed by atoms with Crippen LogP contribution in [-0.4, -0.2) is 60.2 Å². The minimum Gasteiger partial charge on any atom is -0.677 e. The minimum absolute atomic E-state index is 0. The Bertz CT molecular complexity index is 290. The maximum absolute atomic E-state index is 4.51. The Hall–Kier alpha value is 0.631. The molecule has 0 amide bonds. The fraction of sp³-hybridized carbons (Fsp3) is 0.762. The fourth-order valence-electron chi connectivity index (χ4n) is 1.40. The van der Waals surface area contributed by atoms with Gasteiger partial charge in [0, 0.05) is 34.4 Å². The number of aliphatic imine (C=N–C) groups is 3. The molecule has 0 radical (unpaired) electrons. The Morgan fingerprint density at radius 2 is 0.900 bits per heavy atom. The molecule has 0 rings (SSSR count). The molecule has 0 aliphatic heterocycles. The van der Waals surface area contributed by atoms with E-state index in [9.17, 15) is 0 Å². The van der Waals surface area contributed by atoms with Crippen molar-refractivity contribution < 1.29 is 81.4 Å². The third-order valence-electron chi connectivity index (χ3n) is 2.73. The van der Waals surface area contributed by atoms with E-state index >= 15 is 0 Å². The van der Waals surface area contributed by atoms with E-state index in [2.05, 4.69) is 69.2 Å². The van der Waals surface area contributed by atoms with Crippen LogP contribution in [0, 0.1) is 14.4 Å². The third-order valence-corrected chi connectivity index (χ3v) is 2.73. The quantitative estimate of drug-likeness (QED) is 0.0806. The summed E-state index contributed by atoms with van der Waals surface area (Å²) in [6.07, 6.45) is 16.4. The molecule has 0 fully saturated rings. The summed E-state index contributed by atoms with van der Waals surface area (Å²) in [5, 5.41) is 0. The predicted octanol–water partition coefficient (Wildman–Crippen LogP) is 5.05. The molecule has 0 heterocycles. The molecule has 0 unspecified atom stereocenters. The van der Waals surface area contributed by atoms with Crippen molar-refractivity contribution in [1.29, 1.82) is 0 Å². The van der Waals surface area contributed by atoms with E-state index in [0.717, 1.165) is 45.3 Å². The van der Waals surface area contributed by atoms with Crippen LogP contribution in [0.4, 0.5) is 0 Å². The summed E-state index contributed by atoms with van der Waals surface area (Å²) in [6.45, 7) is 10.5. The van der Waals surface area contributed by atoms with E-state index < -0.39 is 0 Å². The van der Waals surface area contributed by atoms with Crippen molar-refractivity contribution in [3.8, 4) is 0 Å². The molecule has 194 valence electrons. The van der Waals surface area contributed by atoms with Crippen molar-refractivity contribution in [2.75, 3.05) is 41.0 Å². The molecule has 0 aromatic carbocycles. The first kappa shape index (κ1) is 48.2. The van der Waals surface area contributed by atoms with E-state index in [1.807, 2.05) is 0 Å². The summed E-state index contributed by atoms with van der Waals surface area (Å²) in [7, 11) is 4.65. The van der Waals surface area contributed by atoms with Gasteiger partial charge in [-0.15, -0.1) is 0 Å². The zero-order valence-corrected chi connectivity index (χ0v) is 26.0. The summed E-state index contributed by atoms with van der Waals surface area (Å²) in [5.74, 6) is 0. The molecular formula is C21H42Au3N3O3-2. The second-order valence-electron chi connectivity index (χ2n) is 5.15. The number of hydrogen-bond acceptors (Lipinski definition) is 6. The Labute approximate surface area is 234 Å². The number of unbranched alkanes of at least 4 members (excludes halogenated alkanes) is 5. The van der Waals surface area contributed by atoms with Gasteiger partial charge in [-0.1, -0.05) is 46.0 Å². The number of methoxy groups -OCH3 is 3. The average Bonchev–Trinajstić information content (AvgIpc) is 2.66. The maximum atomic E-state index is 4.51. The largest absolute Gasteiger partial charge is 1.00 e. The van der Waals surface area contributed by atoms with Gasteiger partial charge in [-0.05, 0) is 19.4 Å². The molecular weight excluding hydrogens is 933 g/mol. The minimum atomic E-state index is 0. The zero-order valence-electron chi connectivity index (χ0n) is 19.5. The molecule has 0 aromatic rings. The van der Waals surface area contributed by atoms with Crippen LogP contribution in [0.1, 0.15) is 65.2 Å². The standard InChI is InChI=1S/2C7H14NO.C6H11NO.CH3.3Au/c2*1-3-4-5-6-8-7-9-2;1-3-4-5-7-6-8-2;;;;/h2*3-6H2,1-2H3;1,3-5H2,2H3;1H3;;;/q2*-1;-2;-1;3*+1. The topological polar surface area (TPSA) is 64.8 Å². The van der Waals surface area contributed by atoms with Gasteiger partial charge in [-0.2, -0.15) is 6.42 Å². The summed E-state index contributed by atoms with van der Waals surface area (Å²) in [4.78, 5) is 11.5. The van der Waals surface area contributed by atoms with Gasteiger partial charge < -0.3 is 43.5 Å². The van der Waals surface area contributed by atoms with Crippen molar-refractivity contribution in [2.24, 2.45) is 15.0 Å². The van der Waals surface area contributed by atoms with Gasteiger partial charge in [0.2, 0.25) is 0 Å². The molecule has 30 heavy (non-hydrogen) atoms. The molecule has 0 aliphatic carbocycles. The monoisotopic (exact) mass is 975 g/mol. The first-order valence-electron chi connectivity index (χ1n) is 9.37. The smallest absolute Gasteiger partial charge is 0.677 e. The molecule has 0 atom stereocenters. The van der Waals surface area contributed by atoms with Crippen LogP contribution < -0.4 is 0 Å². The van der Waals surface area contributed by atoms with Gasteiger partial charge in [0.15, 0.2) is 0 Å². The number of nitrogens with zero attached hydrogens (tertiary/aromatic N) is 3. The molecule has 0 spiro atoms. The third kappa shape index (κ3) is 70.3. The van der Waals surface area contributed by atoms with Crippen molar-refractivity contribution in [3.63, 3.8) is 0 Å². The molecule has 0 aromatic heterocycles. The van der Waals surface area contributed by atoms with Crippen LogP contribution in [0.3, 0.4) is 0 Å². The van der Waals surface area contributed by atoms with Gasteiger partial charge in [0.25, 0.3) is 0 Å². The van der Waals surface area contributed by atoms with Crippen LogP contribution in [-0.2, 0) is 81.4 Å². The molecule has 0 saturated carbocycles. The first-order chi connectivity index (χ1) is 12.7. The van der Waals surface area contributed by atoms with Crippen molar-refractivity contribution in [3.05, 3.63) is 14.4 Å². The van der Waals surface area contributed by atoms with E-state index in [4.69, 9.17) is 0 Å². The van der Waals surface area contributed by atoms with Crippen molar-refractivity contribution in [1.82, 2.24) is 0 Å². The van der Waals surface area contributed by atoms with E-state index in [-0.39, 0.29) is 74.6 Å². The van der Waals surface area contributed by atoms with Crippen molar-refractivity contribution in [2.45, 2.75) is 65.2 Å². The van der Waals surface area contributed by atoms with E-state index in [1.54, 1.807) is 14.2 Å². The van der Waals surface area contributed by atoms with Crippen LogP contribution >= 0.6 is 0 Å². The van der Waals surface area contributed by atoms with Crippen LogP contribution in [0.15, 0.2) is 15.0 Å². The predicted molar refractivity (Wildman–Crippen MR) is 118 cm³/mol. The number of rotatable bonds is 14. The molecule has 9 heteroatoms.